The number of pyridine rings is 1. The smallest absolute Gasteiger partial charge is 0.272 e. The highest BCUT2D eigenvalue weighted by atomic mass is 16.2. The van der Waals surface area contributed by atoms with Gasteiger partial charge in [0.15, 0.2) is 0 Å². The van der Waals surface area contributed by atoms with Crippen LogP contribution in [0.5, 0.6) is 0 Å². The molecular weight excluding hydrogens is 226 g/mol. The second-order valence-corrected chi connectivity index (χ2v) is 4.89. The molecule has 0 aromatic carbocycles. The van der Waals surface area contributed by atoms with Gasteiger partial charge in [-0.2, -0.15) is 0 Å². The lowest BCUT2D eigenvalue weighted by atomic mass is 9.94. The number of rotatable bonds is 3. The zero-order valence-electron chi connectivity index (χ0n) is 11.1. The van der Waals surface area contributed by atoms with Crippen LogP contribution in [0.15, 0.2) is 18.3 Å². The number of anilines is 1. The maximum atomic E-state index is 12.3. The first-order chi connectivity index (χ1) is 8.72. The zero-order chi connectivity index (χ0) is 13.0. The van der Waals surface area contributed by atoms with E-state index < -0.39 is 0 Å². The molecule has 1 aliphatic rings. The molecule has 4 nitrogen and oxygen atoms in total. The van der Waals surface area contributed by atoms with E-state index in [4.69, 9.17) is 0 Å². The van der Waals surface area contributed by atoms with Gasteiger partial charge in [0.05, 0.1) is 11.9 Å². The summed E-state index contributed by atoms with van der Waals surface area (Å²) in [5.41, 5.74) is 1.45. The van der Waals surface area contributed by atoms with Gasteiger partial charge in [0.1, 0.15) is 5.69 Å². The standard InChI is InChI=1S/C14H21N3O/c1-15-11-8-9-13(16-10-11)14(18)17(2)12-6-4-3-5-7-12/h8-10,12,15H,3-7H2,1-2H3. The largest absolute Gasteiger partial charge is 0.387 e. The molecule has 0 bridgehead atoms. The Hall–Kier alpha value is -1.58. The van der Waals surface area contributed by atoms with Gasteiger partial charge in [0.2, 0.25) is 0 Å². The van der Waals surface area contributed by atoms with Gasteiger partial charge < -0.3 is 10.2 Å². The molecule has 18 heavy (non-hydrogen) atoms. The summed E-state index contributed by atoms with van der Waals surface area (Å²) in [6.07, 6.45) is 7.70. The number of nitrogens with zero attached hydrogens (tertiary/aromatic N) is 2. The molecule has 0 saturated heterocycles. The van der Waals surface area contributed by atoms with E-state index in [9.17, 15) is 4.79 Å². The van der Waals surface area contributed by atoms with Crippen molar-refractivity contribution in [1.82, 2.24) is 9.88 Å². The van der Waals surface area contributed by atoms with Crippen molar-refractivity contribution in [3.63, 3.8) is 0 Å². The topological polar surface area (TPSA) is 45.2 Å². The first-order valence-corrected chi connectivity index (χ1v) is 6.63. The molecule has 0 spiro atoms. The quantitative estimate of drug-likeness (QED) is 0.892. The Balaban J connectivity index is 2.04. The molecule has 0 atom stereocenters. The van der Waals surface area contributed by atoms with Crippen LogP contribution in [0.2, 0.25) is 0 Å². The molecule has 0 aliphatic heterocycles. The minimum Gasteiger partial charge on any atom is -0.387 e. The highest BCUT2D eigenvalue weighted by Gasteiger charge is 2.23. The average Bonchev–Trinajstić information content (AvgIpc) is 2.47. The van der Waals surface area contributed by atoms with Crippen molar-refractivity contribution in [3.05, 3.63) is 24.0 Å². The molecule has 1 fully saturated rings. The van der Waals surface area contributed by atoms with Gasteiger partial charge >= 0.3 is 0 Å². The third-order valence-corrected chi connectivity index (χ3v) is 3.71. The molecule has 4 heteroatoms. The number of carbonyl (C=O) groups excluding carboxylic acids is 1. The van der Waals surface area contributed by atoms with Gasteiger partial charge in [-0.1, -0.05) is 19.3 Å². The molecule has 1 N–H and O–H groups in total. The second-order valence-electron chi connectivity index (χ2n) is 4.89. The molecule has 1 saturated carbocycles. The molecule has 1 aliphatic carbocycles. The summed E-state index contributed by atoms with van der Waals surface area (Å²) in [5, 5.41) is 3.00. The van der Waals surface area contributed by atoms with E-state index in [-0.39, 0.29) is 5.91 Å². The minimum atomic E-state index is 0.0320. The van der Waals surface area contributed by atoms with Crippen molar-refractivity contribution in [3.8, 4) is 0 Å². The molecule has 0 radical (unpaired) electrons. The van der Waals surface area contributed by atoms with Gasteiger partial charge in [-0.05, 0) is 25.0 Å². The van der Waals surface area contributed by atoms with Crippen LogP contribution in [0.4, 0.5) is 5.69 Å². The highest BCUT2D eigenvalue weighted by molar-refractivity contribution is 5.92. The Morgan fingerprint density at radius 3 is 2.61 bits per heavy atom. The van der Waals surface area contributed by atoms with Crippen LogP contribution in [0, 0.1) is 0 Å². The molecule has 2 rings (SSSR count). The third kappa shape index (κ3) is 2.81. The van der Waals surface area contributed by atoms with E-state index >= 15 is 0 Å². The second kappa shape index (κ2) is 5.85. The molecule has 98 valence electrons. The SMILES string of the molecule is CNc1ccc(C(=O)N(C)C2CCCCC2)nc1. The van der Waals surface area contributed by atoms with Gasteiger partial charge in [0, 0.05) is 20.1 Å². The van der Waals surface area contributed by atoms with E-state index in [1.54, 1.807) is 12.3 Å². The molecule has 1 aromatic rings. The number of nitrogens with one attached hydrogen (secondary N) is 1. The number of amides is 1. The van der Waals surface area contributed by atoms with Crippen LogP contribution in [0.1, 0.15) is 42.6 Å². The highest BCUT2D eigenvalue weighted by Crippen LogP contribution is 2.22. The lowest BCUT2D eigenvalue weighted by Crippen LogP contribution is -2.38. The summed E-state index contributed by atoms with van der Waals surface area (Å²) < 4.78 is 0. The van der Waals surface area contributed by atoms with Gasteiger partial charge in [-0.15, -0.1) is 0 Å². The van der Waals surface area contributed by atoms with Crippen molar-refractivity contribution in [2.45, 2.75) is 38.1 Å². The maximum absolute atomic E-state index is 12.3. The van der Waals surface area contributed by atoms with E-state index in [0.29, 0.717) is 11.7 Å². The normalized spacial score (nSPS) is 16.3. The van der Waals surface area contributed by atoms with Gasteiger partial charge in [-0.3, -0.25) is 4.79 Å². The van der Waals surface area contributed by atoms with Crippen LogP contribution < -0.4 is 5.32 Å². The molecular formula is C14H21N3O. The Morgan fingerprint density at radius 2 is 2.06 bits per heavy atom. The number of hydrogen-bond acceptors (Lipinski definition) is 3. The van der Waals surface area contributed by atoms with Crippen LogP contribution in [-0.4, -0.2) is 35.9 Å². The maximum Gasteiger partial charge on any atom is 0.272 e. The number of aromatic nitrogens is 1. The summed E-state index contributed by atoms with van der Waals surface area (Å²) in [4.78, 5) is 18.4. The van der Waals surface area contributed by atoms with Crippen LogP contribution >= 0.6 is 0 Å². The number of carbonyl (C=O) groups is 1. The van der Waals surface area contributed by atoms with Crippen molar-refractivity contribution in [2.24, 2.45) is 0 Å². The van der Waals surface area contributed by atoms with Crippen molar-refractivity contribution >= 4 is 11.6 Å². The van der Waals surface area contributed by atoms with Crippen molar-refractivity contribution in [1.29, 1.82) is 0 Å². The number of hydrogen-bond donors (Lipinski definition) is 1. The summed E-state index contributed by atoms with van der Waals surface area (Å²) in [6.45, 7) is 0. The first kappa shape index (κ1) is 12.9. The van der Waals surface area contributed by atoms with Gasteiger partial charge in [-0.25, -0.2) is 4.98 Å². The summed E-state index contributed by atoms with van der Waals surface area (Å²) in [5.74, 6) is 0.0320. The lowest BCUT2D eigenvalue weighted by molar-refractivity contribution is 0.0690. The lowest BCUT2D eigenvalue weighted by Gasteiger charge is -2.31. The van der Waals surface area contributed by atoms with Crippen molar-refractivity contribution in [2.75, 3.05) is 19.4 Å². The Morgan fingerprint density at radius 1 is 1.33 bits per heavy atom. The first-order valence-electron chi connectivity index (χ1n) is 6.63. The molecule has 1 aromatic heterocycles. The molecule has 1 heterocycles. The van der Waals surface area contributed by atoms with Gasteiger partial charge in [0.25, 0.3) is 5.91 Å². The minimum absolute atomic E-state index is 0.0320. The van der Waals surface area contributed by atoms with Crippen molar-refractivity contribution < 1.29 is 4.79 Å². The molecule has 1 amide bonds. The monoisotopic (exact) mass is 247 g/mol. The van der Waals surface area contributed by atoms with Crippen LogP contribution in [-0.2, 0) is 0 Å². The van der Waals surface area contributed by atoms with E-state index in [1.807, 2.05) is 25.1 Å². The summed E-state index contributed by atoms with van der Waals surface area (Å²) >= 11 is 0. The summed E-state index contributed by atoms with van der Waals surface area (Å²) in [7, 11) is 3.73. The Bertz CT molecular complexity index is 396. The Labute approximate surface area is 108 Å². The Kier molecular flexibility index (Phi) is 4.18. The summed E-state index contributed by atoms with van der Waals surface area (Å²) in [6, 6.07) is 4.06. The zero-order valence-corrected chi connectivity index (χ0v) is 11.1. The predicted octanol–water partition coefficient (Wildman–Crippen LogP) is 2.53. The van der Waals surface area contributed by atoms with Crippen LogP contribution in [0.3, 0.4) is 0 Å². The van der Waals surface area contributed by atoms with Crippen LogP contribution in [0.25, 0.3) is 0 Å². The third-order valence-electron chi connectivity index (χ3n) is 3.71. The fourth-order valence-corrected chi connectivity index (χ4v) is 2.48. The predicted molar refractivity (Wildman–Crippen MR) is 72.8 cm³/mol. The fourth-order valence-electron chi connectivity index (χ4n) is 2.48. The fraction of sp³-hybridized carbons (Fsp3) is 0.571. The van der Waals surface area contributed by atoms with E-state index in [2.05, 4.69) is 10.3 Å². The average molecular weight is 247 g/mol. The van der Waals surface area contributed by atoms with E-state index in [0.717, 1.165) is 18.5 Å². The molecule has 0 unspecified atom stereocenters. The van der Waals surface area contributed by atoms with E-state index in [1.165, 1.54) is 19.3 Å².